The normalized spacial score (nSPS) is 13.7. The third-order valence-corrected chi connectivity index (χ3v) is 4.72. The largest absolute Gasteiger partial charge is 0.378 e. The number of carbonyl (C=O) groups is 2. The highest BCUT2D eigenvalue weighted by Crippen LogP contribution is 2.14. The SMILES string of the molecule is CCc1ccc(C(=O)NC(=S)Nc2cccc(C(=O)N3CCOCC3)c2)cc1. The van der Waals surface area contributed by atoms with Crippen LogP contribution in [0, 0.1) is 0 Å². The van der Waals surface area contributed by atoms with Crippen LogP contribution in [0.15, 0.2) is 48.5 Å². The van der Waals surface area contributed by atoms with Gasteiger partial charge in [0.05, 0.1) is 13.2 Å². The number of nitrogens with one attached hydrogen (secondary N) is 2. The van der Waals surface area contributed by atoms with Crippen molar-refractivity contribution in [3.8, 4) is 0 Å². The maximum atomic E-state index is 12.6. The summed E-state index contributed by atoms with van der Waals surface area (Å²) in [6, 6.07) is 14.5. The number of hydrogen-bond donors (Lipinski definition) is 2. The lowest BCUT2D eigenvalue weighted by Gasteiger charge is -2.27. The molecule has 0 aromatic heterocycles. The molecule has 1 aliphatic rings. The van der Waals surface area contributed by atoms with Crippen molar-refractivity contribution in [1.82, 2.24) is 10.2 Å². The maximum absolute atomic E-state index is 12.6. The van der Waals surface area contributed by atoms with Gasteiger partial charge in [-0.1, -0.05) is 25.1 Å². The Balaban J connectivity index is 1.60. The summed E-state index contributed by atoms with van der Waals surface area (Å²) >= 11 is 5.24. The predicted octanol–water partition coefficient (Wildman–Crippen LogP) is 2.85. The molecule has 0 spiro atoms. The zero-order chi connectivity index (χ0) is 19.9. The molecule has 2 aromatic rings. The van der Waals surface area contributed by atoms with E-state index in [0.29, 0.717) is 43.1 Å². The summed E-state index contributed by atoms with van der Waals surface area (Å²) in [5, 5.41) is 5.81. The molecule has 6 nitrogen and oxygen atoms in total. The average Bonchev–Trinajstić information content (AvgIpc) is 2.74. The van der Waals surface area contributed by atoms with Gasteiger partial charge in [0.2, 0.25) is 0 Å². The number of hydrogen-bond acceptors (Lipinski definition) is 4. The number of rotatable bonds is 4. The van der Waals surface area contributed by atoms with Gasteiger partial charge in [-0.3, -0.25) is 14.9 Å². The number of benzene rings is 2. The molecule has 0 atom stereocenters. The Kier molecular flexibility index (Phi) is 6.73. The van der Waals surface area contributed by atoms with Crippen molar-refractivity contribution in [2.24, 2.45) is 0 Å². The first-order valence-electron chi connectivity index (χ1n) is 9.25. The minimum atomic E-state index is -0.277. The molecule has 1 heterocycles. The molecule has 2 N–H and O–H groups in total. The molecule has 2 amide bonds. The van der Waals surface area contributed by atoms with E-state index in [1.807, 2.05) is 12.1 Å². The Labute approximate surface area is 169 Å². The van der Waals surface area contributed by atoms with Gasteiger partial charge in [-0.05, 0) is 54.5 Å². The fourth-order valence-electron chi connectivity index (χ4n) is 2.91. The van der Waals surface area contributed by atoms with Gasteiger partial charge in [0.1, 0.15) is 0 Å². The molecule has 1 aliphatic heterocycles. The van der Waals surface area contributed by atoms with Crippen LogP contribution in [-0.4, -0.2) is 48.1 Å². The van der Waals surface area contributed by atoms with Crippen LogP contribution < -0.4 is 10.6 Å². The van der Waals surface area contributed by atoms with Gasteiger partial charge in [0.25, 0.3) is 11.8 Å². The Hall–Kier alpha value is -2.77. The molecule has 0 bridgehead atoms. The lowest BCUT2D eigenvalue weighted by molar-refractivity contribution is 0.0303. The Bertz CT molecular complexity index is 861. The molecule has 1 saturated heterocycles. The van der Waals surface area contributed by atoms with Gasteiger partial charge in [-0.25, -0.2) is 0 Å². The molecule has 0 radical (unpaired) electrons. The predicted molar refractivity (Wildman–Crippen MR) is 113 cm³/mol. The first-order chi connectivity index (χ1) is 13.6. The Morgan fingerprint density at radius 2 is 1.79 bits per heavy atom. The molecule has 3 rings (SSSR count). The second-order valence-corrected chi connectivity index (χ2v) is 6.85. The molecule has 7 heteroatoms. The third kappa shape index (κ3) is 5.15. The number of aryl methyl sites for hydroxylation is 1. The molecule has 0 saturated carbocycles. The Morgan fingerprint density at radius 1 is 1.07 bits per heavy atom. The number of carbonyl (C=O) groups excluding carboxylic acids is 2. The van der Waals surface area contributed by atoms with Crippen molar-refractivity contribution in [1.29, 1.82) is 0 Å². The highest BCUT2D eigenvalue weighted by Gasteiger charge is 2.18. The van der Waals surface area contributed by atoms with E-state index in [1.54, 1.807) is 41.3 Å². The van der Waals surface area contributed by atoms with E-state index in [1.165, 1.54) is 5.56 Å². The number of thiocarbonyl (C=S) groups is 1. The van der Waals surface area contributed by atoms with Crippen LogP contribution in [0.3, 0.4) is 0 Å². The lowest BCUT2D eigenvalue weighted by Crippen LogP contribution is -2.40. The number of anilines is 1. The van der Waals surface area contributed by atoms with Gasteiger partial charge in [-0.2, -0.15) is 0 Å². The van der Waals surface area contributed by atoms with Gasteiger partial charge < -0.3 is 15.0 Å². The summed E-state index contributed by atoms with van der Waals surface area (Å²) in [5.41, 5.74) is 2.92. The number of amides is 2. The van der Waals surface area contributed by atoms with Crippen molar-refractivity contribution < 1.29 is 14.3 Å². The van der Waals surface area contributed by atoms with Crippen molar-refractivity contribution in [2.75, 3.05) is 31.6 Å². The summed E-state index contributed by atoms with van der Waals surface area (Å²) in [6.07, 6.45) is 0.918. The van der Waals surface area contributed by atoms with E-state index in [0.717, 1.165) is 6.42 Å². The zero-order valence-corrected chi connectivity index (χ0v) is 16.6. The first kappa shape index (κ1) is 20.0. The molecular weight excluding hydrogens is 374 g/mol. The summed E-state index contributed by atoms with van der Waals surface area (Å²) in [6.45, 7) is 4.34. The number of nitrogens with zero attached hydrogens (tertiary/aromatic N) is 1. The van der Waals surface area contributed by atoms with Crippen LogP contribution >= 0.6 is 12.2 Å². The number of ether oxygens (including phenoxy) is 1. The van der Waals surface area contributed by atoms with Crippen LogP contribution in [0.1, 0.15) is 33.2 Å². The smallest absolute Gasteiger partial charge is 0.257 e. The van der Waals surface area contributed by atoms with E-state index in [-0.39, 0.29) is 16.9 Å². The van der Waals surface area contributed by atoms with Crippen LogP contribution in [-0.2, 0) is 11.2 Å². The third-order valence-electron chi connectivity index (χ3n) is 4.52. The first-order valence-corrected chi connectivity index (χ1v) is 9.66. The molecule has 146 valence electrons. The van der Waals surface area contributed by atoms with E-state index >= 15 is 0 Å². The van der Waals surface area contributed by atoms with Crippen LogP contribution in [0.4, 0.5) is 5.69 Å². The fraction of sp³-hybridized carbons (Fsp3) is 0.286. The molecule has 0 aliphatic carbocycles. The van der Waals surface area contributed by atoms with Crippen molar-refractivity contribution in [3.05, 3.63) is 65.2 Å². The second-order valence-electron chi connectivity index (χ2n) is 6.44. The number of morpholine rings is 1. The highest BCUT2D eigenvalue weighted by atomic mass is 32.1. The second kappa shape index (κ2) is 9.43. The molecule has 1 fully saturated rings. The van der Waals surface area contributed by atoms with Gasteiger partial charge in [0, 0.05) is 29.9 Å². The van der Waals surface area contributed by atoms with Gasteiger partial charge in [0.15, 0.2) is 5.11 Å². The maximum Gasteiger partial charge on any atom is 0.257 e. The van der Waals surface area contributed by atoms with Crippen molar-refractivity contribution in [3.63, 3.8) is 0 Å². The van der Waals surface area contributed by atoms with E-state index in [4.69, 9.17) is 17.0 Å². The van der Waals surface area contributed by atoms with E-state index in [2.05, 4.69) is 17.6 Å². The van der Waals surface area contributed by atoms with E-state index < -0.39 is 0 Å². The minimum absolute atomic E-state index is 0.0436. The summed E-state index contributed by atoms with van der Waals surface area (Å²) in [4.78, 5) is 26.7. The molecular formula is C21H23N3O3S. The van der Waals surface area contributed by atoms with Crippen LogP contribution in [0.25, 0.3) is 0 Å². The van der Waals surface area contributed by atoms with Gasteiger partial charge >= 0.3 is 0 Å². The standard InChI is InChI=1S/C21H23N3O3S/c1-2-15-6-8-16(9-7-15)19(25)23-21(28)22-18-5-3-4-17(14-18)20(26)24-10-12-27-13-11-24/h3-9,14H,2,10-13H2,1H3,(H2,22,23,25,28). The zero-order valence-electron chi connectivity index (χ0n) is 15.7. The molecule has 28 heavy (non-hydrogen) atoms. The molecule has 2 aromatic carbocycles. The van der Waals surface area contributed by atoms with Crippen molar-refractivity contribution in [2.45, 2.75) is 13.3 Å². The molecule has 0 unspecified atom stereocenters. The topological polar surface area (TPSA) is 70.7 Å². The minimum Gasteiger partial charge on any atom is -0.378 e. The quantitative estimate of drug-likeness (QED) is 0.777. The summed E-state index contributed by atoms with van der Waals surface area (Å²) in [5.74, 6) is -0.321. The Morgan fingerprint density at radius 3 is 2.46 bits per heavy atom. The van der Waals surface area contributed by atoms with Crippen LogP contribution in [0.2, 0.25) is 0 Å². The average molecular weight is 398 g/mol. The highest BCUT2D eigenvalue weighted by molar-refractivity contribution is 7.80. The van der Waals surface area contributed by atoms with Crippen molar-refractivity contribution >= 4 is 34.8 Å². The van der Waals surface area contributed by atoms with Crippen LogP contribution in [0.5, 0.6) is 0 Å². The summed E-state index contributed by atoms with van der Waals surface area (Å²) in [7, 11) is 0. The summed E-state index contributed by atoms with van der Waals surface area (Å²) < 4.78 is 5.28. The lowest BCUT2D eigenvalue weighted by atomic mass is 10.1. The monoisotopic (exact) mass is 397 g/mol. The van der Waals surface area contributed by atoms with E-state index in [9.17, 15) is 9.59 Å². The fourth-order valence-corrected chi connectivity index (χ4v) is 3.12. The van der Waals surface area contributed by atoms with Gasteiger partial charge in [-0.15, -0.1) is 0 Å².